The van der Waals surface area contributed by atoms with Gasteiger partial charge >= 0.3 is 5.97 Å². The molecule has 0 spiro atoms. The Morgan fingerprint density at radius 3 is 2.72 bits per heavy atom. The molecule has 0 amide bonds. The largest absolute Gasteiger partial charge is 0.459 e. The number of anilines is 1. The predicted molar refractivity (Wildman–Crippen MR) is 165 cm³/mol. The van der Waals surface area contributed by atoms with Crippen molar-refractivity contribution in [1.29, 1.82) is 0 Å². The molecule has 2 fully saturated rings. The zero-order chi connectivity index (χ0) is 32.2. The summed E-state index contributed by atoms with van der Waals surface area (Å²) in [7, 11) is 1.81. The molecule has 2 N–H and O–H groups in total. The SMILES string of the molecule is Cn1cc(Cc2nc(N)nc(-c3cccc(-n4ccc5cc(C6CC6)cc(F)c5c4=O)c3COC(=O)[C@@H]3COC(C)(C)O3)n2)cn1. The number of rotatable bonds is 8. The zero-order valence-corrected chi connectivity index (χ0v) is 25.6. The summed E-state index contributed by atoms with van der Waals surface area (Å²) in [4.78, 5) is 40.3. The van der Waals surface area contributed by atoms with Crippen molar-refractivity contribution in [2.24, 2.45) is 7.05 Å². The maximum absolute atomic E-state index is 15.4. The summed E-state index contributed by atoms with van der Waals surface area (Å²) in [6, 6.07) is 10.2. The van der Waals surface area contributed by atoms with Crippen LogP contribution in [0, 0.1) is 5.82 Å². The molecule has 1 saturated carbocycles. The average molecular weight is 626 g/mol. The lowest BCUT2D eigenvalue weighted by atomic mass is 10.0. The first-order valence-electron chi connectivity index (χ1n) is 15.0. The number of benzene rings is 2. The first-order chi connectivity index (χ1) is 22.0. The number of fused-ring (bicyclic) bond motifs is 1. The van der Waals surface area contributed by atoms with E-state index in [1.165, 1.54) is 10.6 Å². The fraction of sp³-hybridized carbons (Fsp3) is 0.333. The smallest absolute Gasteiger partial charge is 0.338 e. The quantitative estimate of drug-likeness (QED) is 0.251. The number of hydrogen-bond acceptors (Lipinski definition) is 10. The number of ether oxygens (including phenoxy) is 3. The molecule has 0 unspecified atom stereocenters. The van der Waals surface area contributed by atoms with Crippen molar-refractivity contribution in [2.45, 2.75) is 57.5 Å². The molecule has 12 nitrogen and oxygen atoms in total. The van der Waals surface area contributed by atoms with Crippen LogP contribution in [0.5, 0.6) is 0 Å². The third-order valence-corrected chi connectivity index (χ3v) is 8.13. The fourth-order valence-corrected chi connectivity index (χ4v) is 5.78. The maximum atomic E-state index is 15.4. The van der Waals surface area contributed by atoms with Gasteiger partial charge < -0.3 is 19.9 Å². The van der Waals surface area contributed by atoms with E-state index in [0.29, 0.717) is 40.4 Å². The molecule has 7 rings (SSSR count). The summed E-state index contributed by atoms with van der Waals surface area (Å²) in [5.41, 5.74) is 8.57. The van der Waals surface area contributed by atoms with E-state index in [9.17, 15) is 9.59 Å². The van der Waals surface area contributed by atoms with Gasteiger partial charge in [-0.15, -0.1) is 0 Å². The Morgan fingerprint density at radius 2 is 2.00 bits per heavy atom. The van der Waals surface area contributed by atoms with Crippen molar-refractivity contribution < 1.29 is 23.4 Å². The number of carbonyl (C=O) groups is 1. The van der Waals surface area contributed by atoms with Gasteiger partial charge in [0.2, 0.25) is 5.95 Å². The van der Waals surface area contributed by atoms with Gasteiger partial charge in [0.1, 0.15) is 18.2 Å². The average Bonchev–Trinajstić information content (AvgIpc) is 3.69. The highest BCUT2D eigenvalue weighted by atomic mass is 19.1. The highest BCUT2D eigenvalue weighted by Gasteiger charge is 2.38. The van der Waals surface area contributed by atoms with Crippen LogP contribution in [0.1, 0.15) is 55.1 Å². The van der Waals surface area contributed by atoms with E-state index in [1.807, 2.05) is 19.3 Å². The lowest BCUT2D eigenvalue weighted by Crippen LogP contribution is -2.28. The number of nitrogens with two attached hydrogens (primary N) is 1. The fourth-order valence-electron chi connectivity index (χ4n) is 5.78. The van der Waals surface area contributed by atoms with Crippen molar-refractivity contribution in [1.82, 2.24) is 29.3 Å². The number of nitrogens with zero attached hydrogens (tertiary/aromatic N) is 6. The number of carbonyl (C=O) groups excluding carboxylic acids is 1. The van der Waals surface area contributed by atoms with Crippen LogP contribution in [0.4, 0.5) is 10.3 Å². The van der Waals surface area contributed by atoms with Crippen LogP contribution >= 0.6 is 0 Å². The maximum Gasteiger partial charge on any atom is 0.338 e. The topological polar surface area (TPSA) is 149 Å². The molecule has 236 valence electrons. The summed E-state index contributed by atoms with van der Waals surface area (Å²) in [5.74, 6) is -1.20. The zero-order valence-electron chi connectivity index (χ0n) is 25.6. The van der Waals surface area contributed by atoms with E-state index in [-0.39, 0.29) is 30.4 Å². The number of aromatic nitrogens is 6. The minimum atomic E-state index is -0.929. The number of nitrogen functional groups attached to an aromatic ring is 1. The molecule has 1 atom stereocenters. The molecule has 0 radical (unpaired) electrons. The molecular weight excluding hydrogens is 593 g/mol. The molecule has 4 heterocycles. The Hall–Kier alpha value is -5.01. The van der Waals surface area contributed by atoms with Crippen molar-refractivity contribution in [3.63, 3.8) is 0 Å². The van der Waals surface area contributed by atoms with Gasteiger partial charge in [-0.1, -0.05) is 18.2 Å². The van der Waals surface area contributed by atoms with E-state index >= 15 is 4.39 Å². The van der Waals surface area contributed by atoms with Gasteiger partial charge in [-0.05, 0) is 67.3 Å². The van der Waals surface area contributed by atoms with E-state index < -0.39 is 29.2 Å². The summed E-state index contributed by atoms with van der Waals surface area (Å²) in [5, 5.41) is 4.70. The van der Waals surface area contributed by atoms with Gasteiger partial charge in [0.15, 0.2) is 17.7 Å². The van der Waals surface area contributed by atoms with Crippen molar-refractivity contribution >= 4 is 22.7 Å². The van der Waals surface area contributed by atoms with Gasteiger partial charge in [0.25, 0.3) is 5.56 Å². The molecule has 1 aliphatic carbocycles. The van der Waals surface area contributed by atoms with Crippen LogP contribution < -0.4 is 11.3 Å². The second kappa shape index (κ2) is 11.4. The third kappa shape index (κ3) is 5.86. The second-order valence-electron chi connectivity index (χ2n) is 12.1. The summed E-state index contributed by atoms with van der Waals surface area (Å²) < 4.78 is 35.4. The van der Waals surface area contributed by atoms with Crippen LogP contribution in [0.25, 0.3) is 27.8 Å². The summed E-state index contributed by atoms with van der Waals surface area (Å²) >= 11 is 0. The normalized spacial score (nSPS) is 17.4. The third-order valence-electron chi connectivity index (χ3n) is 8.13. The summed E-state index contributed by atoms with van der Waals surface area (Å²) in [6.45, 7) is 3.18. The molecule has 2 aliphatic rings. The van der Waals surface area contributed by atoms with E-state index in [0.717, 1.165) is 24.0 Å². The molecule has 46 heavy (non-hydrogen) atoms. The molecule has 2 aromatic carbocycles. The highest BCUT2D eigenvalue weighted by Crippen LogP contribution is 2.41. The standard InChI is InChI=1S/C33H32FN7O5/c1-33(2)45-17-26(46-33)31(43)44-16-23-22(29-37-27(38-32(35)39-29)11-18-14-36-40(3)15-18)5-4-6-25(23)41-10-9-20-12-21(19-7-8-19)13-24(34)28(20)30(41)42/h4-6,9-10,12-15,19,26H,7-8,11,16-17H2,1-3H3,(H2,35,37,38,39)/t26-/m0/s1. The molecule has 1 saturated heterocycles. The van der Waals surface area contributed by atoms with Crippen LogP contribution in [-0.4, -0.2) is 53.8 Å². The minimum absolute atomic E-state index is 0.00705. The molecule has 3 aromatic heterocycles. The summed E-state index contributed by atoms with van der Waals surface area (Å²) in [6.07, 6.45) is 6.59. The van der Waals surface area contributed by atoms with Crippen LogP contribution in [0.15, 0.2) is 59.8 Å². The molecule has 1 aliphatic heterocycles. The monoisotopic (exact) mass is 625 g/mol. The second-order valence-corrected chi connectivity index (χ2v) is 12.1. The minimum Gasteiger partial charge on any atom is -0.459 e. The Morgan fingerprint density at radius 1 is 1.17 bits per heavy atom. The predicted octanol–water partition coefficient (Wildman–Crippen LogP) is 3.96. The molecule has 0 bridgehead atoms. The molecular formula is C33H32FN7O5. The first-order valence-corrected chi connectivity index (χ1v) is 15.0. The van der Waals surface area contributed by atoms with Crippen LogP contribution in [0.3, 0.4) is 0 Å². The van der Waals surface area contributed by atoms with E-state index in [1.54, 1.807) is 55.2 Å². The van der Waals surface area contributed by atoms with Gasteiger partial charge in [-0.2, -0.15) is 15.1 Å². The Kier molecular flexibility index (Phi) is 7.36. The number of aryl methyl sites for hydroxylation is 1. The van der Waals surface area contributed by atoms with Gasteiger partial charge in [-0.3, -0.25) is 14.0 Å². The lowest BCUT2D eigenvalue weighted by molar-refractivity contribution is -0.170. The van der Waals surface area contributed by atoms with Crippen LogP contribution in [0.2, 0.25) is 0 Å². The Labute approximate surface area is 263 Å². The van der Waals surface area contributed by atoms with Gasteiger partial charge in [-0.25, -0.2) is 14.2 Å². The van der Waals surface area contributed by atoms with Crippen LogP contribution in [-0.2, 0) is 39.1 Å². The number of hydrogen-bond donors (Lipinski definition) is 1. The first kappa shape index (κ1) is 29.7. The Bertz CT molecular complexity index is 2050. The van der Waals surface area contributed by atoms with Crippen molar-refractivity contribution in [3.05, 3.63) is 93.7 Å². The van der Waals surface area contributed by atoms with Gasteiger partial charge in [0, 0.05) is 37.0 Å². The van der Waals surface area contributed by atoms with Gasteiger partial charge in [0.05, 0.1) is 23.9 Å². The number of pyridine rings is 1. The van der Waals surface area contributed by atoms with Crippen molar-refractivity contribution in [2.75, 3.05) is 12.3 Å². The molecule has 5 aromatic rings. The van der Waals surface area contributed by atoms with E-state index in [2.05, 4.69) is 20.1 Å². The highest BCUT2D eigenvalue weighted by molar-refractivity contribution is 5.84. The number of halogens is 1. The molecule has 13 heteroatoms. The lowest BCUT2D eigenvalue weighted by Gasteiger charge is -2.19. The Balaban J connectivity index is 1.32. The van der Waals surface area contributed by atoms with Crippen molar-refractivity contribution in [3.8, 4) is 17.1 Å². The number of esters is 1. The van der Waals surface area contributed by atoms with E-state index in [4.69, 9.17) is 19.9 Å².